The summed E-state index contributed by atoms with van der Waals surface area (Å²) in [5.41, 5.74) is 4.86. The molecule has 2 N–H and O–H groups in total. The molecule has 0 aromatic heterocycles. The third kappa shape index (κ3) is 1.56. The summed E-state index contributed by atoms with van der Waals surface area (Å²) in [6.07, 6.45) is 1.11. The van der Waals surface area contributed by atoms with E-state index in [2.05, 4.69) is 0 Å². The standard InChI is InChI=1S/C9H15NO2/c1-4-9(5-2,8(10)12)7(3)6-11/h4-5H2,1-3H3,(H2,10,12). The molecule has 0 heterocycles. The predicted octanol–water partition coefficient (Wildman–Crippen LogP) is 1.06. The van der Waals surface area contributed by atoms with Gasteiger partial charge in [-0.25, -0.2) is 4.79 Å². The summed E-state index contributed by atoms with van der Waals surface area (Å²) < 4.78 is 0. The first-order valence-electron chi connectivity index (χ1n) is 4.07. The molecule has 0 saturated heterocycles. The Bertz CT molecular complexity index is 223. The highest BCUT2D eigenvalue weighted by Crippen LogP contribution is 2.32. The highest BCUT2D eigenvalue weighted by molar-refractivity contribution is 5.86. The van der Waals surface area contributed by atoms with Crippen molar-refractivity contribution in [3.63, 3.8) is 0 Å². The van der Waals surface area contributed by atoms with Crippen LogP contribution in [0.2, 0.25) is 0 Å². The zero-order chi connectivity index (χ0) is 9.78. The van der Waals surface area contributed by atoms with Gasteiger partial charge in [0.1, 0.15) is 5.94 Å². The Morgan fingerprint density at radius 1 is 1.42 bits per heavy atom. The van der Waals surface area contributed by atoms with Crippen LogP contribution >= 0.6 is 0 Å². The minimum atomic E-state index is -0.776. The fraction of sp³-hybridized carbons (Fsp3) is 0.667. The maximum absolute atomic E-state index is 11.1. The molecule has 0 aliphatic carbocycles. The number of rotatable bonds is 4. The van der Waals surface area contributed by atoms with E-state index < -0.39 is 11.3 Å². The SMILES string of the molecule is CCC(CC)(C(N)=O)C(C)=C=O. The van der Waals surface area contributed by atoms with Crippen molar-refractivity contribution in [1.82, 2.24) is 0 Å². The highest BCUT2D eigenvalue weighted by atomic mass is 16.1. The van der Waals surface area contributed by atoms with Crippen LogP contribution in [0.4, 0.5) is 0 Å². The highest BCUT2D eigenvalue weighted by Gasteiger charge is 2.35. The molecule has 12 heavy (non-hydrogen) atoms. The maximum Gasteiger partial charge on any atom is 0.228 e. The Kier molecular flexibility index (Phi) is 3.71. The number of primary amides is 1. The summed E-state index contributed by atoms with van der Waals surface area (Å²) in [6, 6.07) is 0. The van der Waals surface area contributed by atoms with Gasteiger partial charge in [0.05, 0.1) is 5.41 Å². The number of carbonyl (C=O) groups is 1. The van der Waals surface area contributed by atoms with E-state index in [1.165, 1.54) is 0 Å². The molecule has 3 nitrogen and oxygen atoms in total. The number of hydrogen-bond donors (Lipinski definition) is 1. The Morgan fingerprint density at radius 2 is 1.83 bits per heavy atom. The van der Waals surface area contributed by atoms with Crippen molar-refractivity contribution in [2.75, 3.05) is 0 Å². The summed E-state index contributed by atoms with van der Waals surface area (Å²) in [7, 11) is 0. The van der Waals surface area contributed by atoms with Crippen molar-refractivity contribution >= 4 is 11.8 Å². The lowest BCUT2D eigenvalue weighted by atomic mass is 9.76. The molecule has 3 heteroatoms. The summed E-state index contributed by atoms with van der Waals surface area (Å²) in [4.78, 5) is 21.5. The zero-order valence-electron chi connectivity index (χ0n) is 7.81. The summed E-state index contributed by atoms with van der Waals surface area (Å²) in [6.45, 7) is 5.29. The van der Waals surface area contributed by atoms with Crippen molar-refractivity contribution in [3.8, 4) is 0 Å². The largest absolute Gasteiger partial charge is 0.369 e. The second kappa shape index (κ2) is 4.07. The van der Waals surface area contributed by atoms with E-state index in [1.54, 1.807) is 12.9 Å². The number of amides is 1. The van der Waals surface area contributed by atoms with Gasteiger partial charge in [0.15, 0.2) is 0 Å². The van der Waals surface area contributed by atoms with Crippen molar-refractivity contribution < 1.29 is 9.59 Å². The average Bonchev–Trinajstić information content (AvgIpc) is 2.06. The summed E-state index contributed by atoms with van der Waals surface area (Å²) in [5, 5.41) is 0. The molecule has 0 saturated carbocycles. The van der Waals surface area contributed by atoms with Crippen molar-refractivity contribution in [2.45, 2.75) is 33.6 Å². The smallest absolute Gasteiger partial charge is 0.228 e. The van der Waals surface area contributed by atoms with E-state index in [9.17, 15) is 9.59 Å². The monoisotopic (exact) mass is 169 g/mol. The Balaban J connectivity index is 5.09. The predicted molar refractivity (Wildman–Crippen MR) is 47.1 cm³/mol. The van der Waals surface area contributed by atoms with Crippen molar-refractivity contribution in [1.29, 1.82) is 0 Å². The minimum Gasteiger partial charge on any atom is -0.369 e. The van der Waals surface area contributed by atoms with E-state index in [0.717, 1.165) is 0 Å². The third-order valence-corrected chi connectivity index (χ3v) is 2.55. The molecular weight excluding hydrogens is 154 g/mol. The average molecular weight is 169 g/mol. The molecule has 0 bridgehead atoms. The van der Waals surface area contributed by atoms with Crippen LogP contribution in [0.15, 0.2) is 5.57 Å². The molecule has 1 amide bonds. The summed E-state index contributed by atoms with van der Waals surface area (Å²) >= 11 is 0. The van der Waals surface area contributed by atoms with E-state index in [-0.39, 0.29) is 0 Å². The second-order valence-electron chi connectivity index (χ2n) is 2.88. The molecule has 0 atom stereocenters. The van der Waals surface area contributed by atoms with E-state index in [4.69, 9.17) is 5.73 Å². The molecule has 0 fully saturated rings. The van der Waals surface area contributed by atoms with Gasteiger partial charge in [-0.1, -0.05) is 13.8 Å². The van der Waals surface area contributed by atoms with E-state index in [0.29, 0.717) is 18.4 Å². The van der Waals surface area contributed by atoms with Gasteiger partial charge in [0.2, 0.25) is 5.91 Å². The van der Waals surface area contributed by atoms with E-state index in [1.807, 2.05) is 13.8 Å². The fourth-order valence-corrected chi connectivity index (χ4v) is 1.41. The lowest BCUT2D eigenvalue weighted by molar-refractivity contribution is -0.126. The molecule has 0 rings (SSSR count). The van der Waals surface area contributed by atoms with Crippen LogP contribution in [0.1, 0.15) is 33.6 Å². The van der Waals surface area contributed by atoms with Gasteiger partial charge in [0.25, 0.3) is 0 Å². The fourth-order valence-electron chi connectivity index (χ4n) is 1.41. The molecule has 0 spiro atoms. The third-order valence-electron chi connectivity index (χ3n) is 2.55. The van der Waals surface area contributed by atoms with Gasteiger partial charge in [-0.15, -0.1) is 0 Å². The van der Waals surface area contributed by atoms with Gasteiger partial charge in [0, 0.05) is 5.57 Å². The van der Waals surface area contributed by atoms with Crippen LogP contribution < -0.4 is 5.73 Å². The Labute approximate surface area is 72.6 Å². The first-order valence-corrected chi connectivity index (χ1v) is 4.07. The first kappa shape index (κ1) is 10.9. The summed E-state index contributed by atoms with van der Waals surface area (Å²) in [5.74, 6) is 1.32. The molecule has 0 aliphatic rings. The van der Waals surface area contributed by atoms with E-state index >= 15 is 0 Å². The topological polar surface area (TPSA) is 60.2 Å². The molecule has 0 aromatic carbocycles. The van der Waals surface area contributed by atoms with Crippen molar-refractivity contribution in [2.24, 2.45) is 11.1 Å². The second-order valence-corrected chi connectivity index (χ2v) is 2.88. The van der Waals surface area contributed by atoms with Crippen LogP contribution in [-0.4, -0.2) is 11.8 Å². The lowest BCUT2D eigenvalue weighted by Crippen LogP contribution is -2.37. The van der Waals surface area contributed by atoms with Gasteiger partial charge < -0.3 is 5.73 Å². The molecule has 68 valence electrons. The van der Waals surface area contributed by atoms with Gasteiger partial charge in [-0.2, -0.15) is 0 Å². The van der Waals surface area contributed by atoms with Crippen LogP contribution in [0, 0.1) is 5.41 Å². The number of hydrogen-bond acceptors (Lipinski definition) is 2. The number of nitrogens with two attached hydrogens (primary N) is 1. The number of carbonyl (C=O) groups excluding carboxylic acids is 2. The lowest BCUT2D eigenvalue weighted by Gasteiger charge is -2.26. The molecule has 0 unspecified atom stereocenters. The quantitative estimate of drug-likeness (QED) is 0.639. The first-order chi connectivity index (χ1) is 5.55. The van der Waals surface area contributed by atoms with Crippen LogP contribution in [0.5, 0.6) is 0 Å². The van der Waals surface area contributed by atoms with Gasteiger partial charge in [-0.05, 0) is 19.8 Å². The van der Waals surface area contributed by atoms with Crippen LogP contribution in [0.3, 0.4) is 0 Å². The van der Waals surface area contributed by atoms with Gasteiger partial charge >= 0.3 is 0 Å². The van der Waals surface area contributed by atoms with Crippen molar-refractivity contribution in [3.05, 3.63) is 5.57 Å². The van der Waals surface area contributed by atoms with Crippen LogP contribution in [0.25, 0.3) is 0 Å². The molecular formula is C9H15NO2. The minimum absolute atomic E-state index is 0.403. The van der Waals surface area contributed by atoms with Gasteiger partial charge in [-0.3, -0.25) is 4.79 Å². The van der Waals surface area contributed by atoms with Crippen LogP contribution in [-0.2, 0) is 9.59 Å². The zero-order valence-corrected chi connectivity index (χ0v) is 7.81. The maximum atomic E-state index is 11.1. The molecule has 0 aliphatic heterocycles. The Hall–Kier alpha value is -1.08. The molecule has 0 aromatic rings. The Morgan fingerprint density at radius 3 is 1.92 bits per heavy atom. The molecule has 0 radical (unpaired) electrons. The normalized spacial score (nSPS) is 10.6.